The largest absolute Gasteiger partial charge is 0.322 e. The number of hydrogen-bond acceptors (Lipinski definition) is 5. The van der Waals surface area contributed by atoms with Crippen LogP contribution in [0, 0.1) is 18.7 Å². The van der Waals surface area contributed by atoms with Crippen LogP contribution >= 0.6 is 0 Å². The molecule has 8 heteroatoms. The number of halogens is 1. The van der Waals surface area contributed by atoms with E-state index in [-0.39, 0.29) is 28.9 Å². The lowest BCUT2D eigenvalue weighted by Crippen LogP contribution is -2.38. The van der Waals surface area contributed by atoms with Crippen LogP contribution in [-0.4, -0.2) is 30.1 Å². The zero-order chi connectivity index (χ0) is 26.0. The van der Waals surface area contributed by atoms with Gasteiger partial charge < -0.3 is 4.98 Å². The average molecular weight is 491 g/mol. The van der Waals surface area contributed by atoms with Gasteiger partial charge >= 0.3 is 0 Å². The van der Waals surface area contributed by atoms with Crippen molar-refractivity contribution in [1.82, 2.24) is 30.1 Å². The highest BCUT2D eigenvalue weighted by molar-refractivity contribution is 5.79. The number of aromatic amines is 1. The first kappa shape index (κ1) is 25.7. The summed E-state index contributed by atoms with van der Waals surface area (Å²) in [6, 6.07) is 14.3. The molecule has 1 atom stereocenters. The maximum atomic E-state index is 13.6. The average Bonchev–Trinajstić information content (AvgIpc) is 3.31. The highest BCUT2D eigenvalue weighted by atomic mass is 19.1. The van der Waals surface area contributed by atoms with Gasteiger partial charge in [-0.25, -0.2) is 9.07 Å². The van der Waals surface area contributed by atoms with Crippen molar-refractivity contribution in [2.75, 3.05) is 0 Å². The number of nitrogens with one attached hydrogen (secondary N) is 1. The second-order valence-electron chi connectivity index (χ2n) is 10.5. The molecule has 4 aromatic rings. The molecule has 4 rings (SSSR count). The smallest absolute Gasteiger partial charge is 0.252 e. The van der Waals surface area contributed by atoms with Gasteiger partial charge in [0.15, 0.2) is 5.82 Å². The van der Waals surface area contributed by atoms with E-state index in [1.165, 1.54) is 12.1 Å². The molecule has 2 heterocycles. The Morgan fingerprint density at radius 2 is 1.81 bits per heavy atom. The normalized spacial score (nSPS) is 13.1. The molecule has 0 aliphatic rings. The van der Waals surface area contributed by atoms with Crippen LogP contribution in [-0.2, 0) is 18.6 Å². The fraction of sp³-hybridized carbons (Fsp3) is 0.429. The molecule has 1 N–H and O–H groups in total. The fourth-order valence-corrected chi connectivity index (χ4v) is 4.63. The number of rotatable bonds is 9. The van der Waals surface area contributed by atoms with E-state index in [9.17, 15) is 9.18 Å². The van der Waals surface area contributed by atoms with Crippen LogP contribution in [0.15, 0.2) is 53.3 Å². The zero-order valence-corrected chi connectivity index (χ0v) is 21.9. The van der Waals surface area contributed by atoms with Crippen molar-refractivity contribution >= 4 is 10.9 Å². The minimum absolute atomic E-state index is 0.119. The summed E-state index contributed by atoms with van der Waals surface area (Å²) in [7, 11) is 0. The van der Waals surface area contributed by atoms with Gasteiger partial charge in [-0.15, -0.1) is 5.10 Å². The molecule has 0 unspecified atom stereocenters. The number of pyridine rings is 1. The van der Waals surface area contributed by atoms with Gasteiger partial charge in [0.25, 0.3) is 5.56 Å². The molecule has 2 aromatic carbocycles. The zero-order valence-electron chi connectivity index (χ0n) is 21.9. The number of hydrogen-bond donors (Lipinski definition) is 1. The maximum Gasteiger partial charge on any atom is 0.252 e. The number of tetrazole rings is 1. The Kier molecular flexibility index (Phi) is 7.36. The third-order valence-corrected chi connectivity index (χ3v) is 6.97. The summed E-state index contributed by atoms with van der Waals surface area (Å²) >= 11 is 0. The minimum Gasteiger partial charge on any atom is -0.322 e. The molecule has 0 amide bonds. The van der Waals surface area contributed by atoms with E-state index in [2.05, 4.69) is 66.1 Å². The summed E-state index contributed by atoms with van der Waals surface area (Å²) in [5, 5.41) is 13.8. The molecular formula is C28H35FN6O. The number of aromatic nitrogens is 5. The lowest BCUT2D eigenvalue weighted by Gasteiger charge is -2.35. The number of nitrogens with zero attached hydrogens (tertiary/aromatic N) is 5. The Morgan fingerprint density at radius 3 is 2.47 bits per heavy atom. The van der Waals surface area contributed by atoms with Crippen LogP contribution in [0.3, 0.4) is 0 Å². The number of benzene rings is 2. The van der Waals surface area contributed by atoms with E-state index >= 15 is 0 Å². The molecule has 2 aromatic heterocycles. The highest BCUT2D eigenvalue weighted by Gasteiger charge is 2.33. The Morgan fingerprint density at radius 1 is 1.08 bits per heavy atom. The van der Waals surface area contributed by atoms with Gasteiger partial charge in [0.2, 0.25) is 0 Å². The van der Waals surface area contributed by atoms with E-state index in [1.807, 2.05) is 29.8 Å². The predicted octanol–water partition coefficient (Wildman–Crippen LogP) is 5.51. The molecule has 0 fully saturated rings. The standard InChI is InChI=1S/C28H35FN6O/c1-7-28(5,6)35-26(31-32-33-35)25(18(2)3)34(16-20-9-11-23(29)12-10-20)17-22-15-21-14-19(4)8-13-24(21)30-27(22)36/h8-15,18,25H,7,16-17H2,1-6H3,(H,30,36)/t25-/m1/s1. The third kappa shape index (κ3) is 5.38. The molecule has 0 radical (unpaired) electrons. The second-order valence-corrected chi connectivity index (χ2v) is 10.5. The van der Waals surface area contributed by atoms with Crippen LogP contribution in [0.25, 0.3) is 10.9 Å². The van der Waals surface area contributed by atoms with Gasteiger partial charge in [-0.05, 0) is 84.8 Å². The van der Waals surface area contributed by atoms with Gasteiger partial charge in [-0.3, -0.25) is 9.69 Å². The first-order valence-electron chi connectivity index (χ1n) is 12.5. The van der Waals surface area contributed by atoms with E-state index in [0.717, 1.165) is 34.3 Å². The van der Waals surface area contributed by atoms with Gasteiger partial charge in [0.05, 0.1) is 11.6 Å². The van der Waals surface area contributed by atoms with Gasteiger partial charge in [-0.1, -0.05) is 44.5 Å². The van der Waals surface area contributed by atoms with E-state index < -0.39 is 0 Å². The molecule has 190 valence electrons. The van der Waals surface area contributed by atoms with Gasteiger partial charge in [0, 0.05) is 24.2 Å². The Bertz CT molecular complexity index is 1390. The summed E-state index contributed by atoms with van der Waals surface area (Å²) in [5.74, 6) is 0.623. The molecule has 0 aliphatic heterocycles. The molecule has 7 nitrogen and oxygen atoms in total. The van der Waals surface area contributed by atoms with Crippen molar-refractivity contribution in [3.8, 4) is 0 Å². The van der Waals surface area contributed by atoms with E-state index in [0.29, 0.717) is 18.7 Å². The third-order valence-electron chi connectivity index (χ3n) is 6.97. The maximum absolute atomic E-state index is 13.6. The Labute approximate surface area is 211 Å². The number of aryl methyl sites for hydroxylation is 1. The fourth-order valence-electron chi connectivity index (χ4n) is 4.63. The topological polar surface area (TPSA) is 79.7 Å². The lowest BCUT2D eigenvalue weighted by molar-refractivity contribution is 0.117. The first-order valence-corrected chi connectivity index (χ1v) is 12.5. The van der Waals surface area contributed by atoms with Crippen molar-refractivity contribution in [3.05, 3.63) is 87.2 Å². The summed E-state index contributed by atoms with van der Waals surface area (Å²) in [4.78, 5) is 18.4. The van der Waals surface area contributed by atoms with Crippen molar-refractivity contribution in [2.24, 2.45) is 5.92 Å². The van der Waals surface area contributed by atoms with Gasteiger partial charge in [0.1, 0.15) is 5.82 Å². The minimum atomic E-state index is -0.277. The van der Waals surface area contributed by atoms with Crippen molar-refractivity contribution in [3.63, 3.8) is 0 Å². The summed E-state index contributed by atoms with van der Waals surface area (Å²) < 4.78 is 15.6. The quantitative estimate of drug-likeness (QED) is 0.335. The van der Waals surface area contributed by atoms with Crippen LogP contribution in [0.5, 0.6) is 0 Å². The number of H-pyrrole nitrogens is 1. The number of fused-ring (bicyclic) bond motifs is 1. The van der Waals surface area contributed by atoms with E-state index in [1.54, 1.807) is 12.1 Å². The molecular weight excluding hydrogens is 455 g/mol. The van der Waals surface area contributed by atoms with Crippen molar-refractivity contribution in [2.45, 2.75) is 72.6 Å². The van der Waals surface area contributed by atoms with Crippen molar-refractivity contribution in [1.29, 1.82) is 0 Å². The van der Waals surface area contributed by atoms with Crippen LogP contribution in [0.4, 0.5) is 4.39 Å². The molecule has 0 spiro atoms. The Balaban J connectivity index is 1.81. The molecule has 36 heavy (non-hydrogen) atoms. The highest BCUT2D eigenvalue weighted by Crippen LogP contribution is 2.33. The van der Waals surface area contributed by atoms with Crippen molar-refractivity contribution < 1.29 is 4.39 Å². The first-order chi connectivity index (χ1) is 17.1. The molecule has 0 bridgehead atoms. The lowest BCUT2D eigenvalue weighted by atomic mass is 9.97. The van der Waals surface area contributed by atoms with E-state index in [4.69, 9.17) is 0 Å². The van der Waals surface area contributed by atoms with Crippen LogP contribution < -0.4 is 5.56 Å². The monoisotopic (exact) mass is 490 g/mol. The predicted molar refractivity (Wildman–Crippen MR) is 140 cm³/mol. The van der Waals surface area contributed by atoms with Crippen LogP contribution in [0.2, 0.25) is 0 Å². The molecule has 0 saturated heterocycles. The van der Waals surface area contributed by atoms with Crippen LogP contribution in [0.1, 0.15) is 69.6 Å². The van der Waals surface area contributed by atoms with Gasteiger partial charge in [-0.2, -0.15) is 0 Å². The summed E-state index contributed by atoms with van der Waals surface area (Å²) in [6.45, 7) is 13.5. The SMILES string of the molecule is CCC(C)(C)n1nnnc1[C@@H](C(C)C)N(Cc1ccc(F)cc1)Cc1cc2cc(C)ccc2[nH]c1=O. The Hall–Kier alpha value is -3.39. The molecule has 0 aliphatic carbocycles. The summed E-state index contributed by atoms with van der Waals surface area (Å²) in [5.41, 5.74) is 3.16. The summed E-state index contributed by atoms with van der Waals surface area (Å²) in [6.07, 6.45) is 0.859. The molecule has 0 saturated carbocycles. The second kappa shape index (κ2) is 10.3.